The van der Waals surface area contributed by atoms with Crippen LogP contribution in [0.3, 0.4) is 0 Å². The van der Waals surface area contributed by atoms with Gasteiger partial charge in [-0.2, -0.15) is 0 Å². The minimum atomic E-state index is -0.220. The van der Waals surface area contributed by atoms with Crippen LogP contribution in [0.25, 0.3) is 11.4 Å². The smallest absolute Gasteiger partial charge is 0.254 e. The molecular formula is C18H19N5O2S. The molecule has 0 aliphatic heterocycles. The van der Waals surface area contributed by atoms with E-state index in [0.717, 1.165) is 17.0 Å². The zero-order valence-corrected chi connectivity index (χ0v) is 15.1. The zero-order valence-electron chi connectivity index (χ0n) is 14.3. The molecule has 1 N–H and O–H groups in total. The van der Waals surface area contributed by atoms with Crippen molar-refractivity contribution in [3.63, 3.8) is 0 Å². The van der Waals surface area contributed by atoms with Crippen LogP contribution in [0.1, 0.15) is 12.5 Å². The number of benzene rings is 1. The topological polar surface area (TPSA) is 81.9 Å². The lowest BCUT2D eigenvalue weighted by Gasteiger charge is -2.08. The van der Waals surface area contributed by atoms with Crippen molar-refractivity contribution in [1.29, 1.82) is 0 Å². The van der Waals surface area contributed by atoms with Gasteiger partial charge < -0.3 is 4.57 Å². The fourth-order valence-corrected chi connectivity index (χ4v) is 3.12. The van der Waals surface area contributed by atoms with Crippen molar-refractivity contribution in [1.82, 2.24) is 25.2 Å². The van der Waals surface area contributed by atoms with Crippen molar-refractivity contribution in [2.45, 2.75) is 25.2 Å². The molecule has 3 rings (SSSR count). The second-order valence-corrected chi connectivity index (χ2v) is 6.32. The van der Waals surface area contributed by atoms with Gasteiger partial charge >= 0.3 is 0 Å². The van der Waals surface area contributed by atoms with Gasteiger partial charge in [0.05, 0.1) is 12.4 Å². The second-order valence-electron chi connectivity index (χ2n) is 5.37. The number of carbonyl (C=O) groups excluding carboxylic acids is 1. The quantitative estimate of drug-likeness (QED) is 0.486. The number of hydroxylamine groups is 1. The van der Waals surface area contributed by atoms with Crippen LogP contribution in [0.4, 0.5) is 0 Å². The highest BCUT2D eigenvalue weighted by Gasteiger charge is 2.14. The Morgan fingerprint density at radius 3 is 2.65 bits per heavy atom. The van der Waals surface area contributed by atoms with E-state index in [1.165, 1.54) is 11.8 Å². The van der Waals surface area contributed by atoms with Gasteiger partial charge in [0.2, 0.25) is 0 Å². The minimum Gasteiger partial charge on any atom is -0.302 e. The monoisotopic (exact) mass is 369 g/mol. The number of aromatic nitrogens is 4. The molecule has 2 aromatic heterocycles. The molecule has 26 heavy (non-hydrogen) atoms. The van der Waals surface area contributed by atoms with E-state index in [9.17, 15) is 4.79 Å². The van der Waals surface area contributed by atoms with E-state index in [4.69, 9.17) is 4.84 Å². The molecule has 0 saturated carbocycles. The van der Waals surface area contributed by atoms with Gasteiger partial charge in [-0.25, -0.2) is 5.48 Å². The van der Waals surface area contributed by atoms with E-state index in [0.29, 0.717) is 18.3 Å². The molecule has 0 unspecified atom stereocenters. The third kappa shape index (κ3) is 4.68. The Labute approximate surface area is 155 Å². The molecule has 2 heterocycles. The minimum absolute atomic E-state index is 0.198. The number of rotatable bonds is 8. The molecule has 7 nitrogen and oxygen atoms in total. The van der Waals surface area contributed by atoms with Gasteiger partial charge in [-0.15, -0.1) is 10.2 Å². The summed E-state index contributed by atoms with van der Waals surface area (Å²) >= 11 is 1.32. The number of thioether (sulfide) groups is 1. The highest BCUT2D eigenvalue weighted by atomic mass is 32.2. The van der Waals surface area contributed by atoms with Gasteiger partial charge in [0.1, 0.15) is 0 Å². The third-order valence-electron chi connectivity index (χ3n) is 3.57. The Balaban J connectivity index is 1.53. The average molecular weight is 369 g/mol. The number of nitrogens with zero attached hydrogens (tertiary/aromatic N) is 4. The summed E-state index contributed by atoms with van der Waals surface area (Å²) in [5, 5.41) is 9.13. The Hall–Kier alpha value is -2.71. The number of amides is 1. The molecule has 3 aromatic rings. The molecule has 1 aromatic carbocycles. The SMILES string of the molecule is CCn1c(SCC(=O)NOCc2ccccc2)nnc1-c1ccncc1. The van der Waals surface area contributed by atoms with E-state index < -0.39 is 0 Å². The van der Waals surface area contributed by atoms with Crippen molar-refractivity contribution < 1.29 is 9.63 Å². The molecule has 0 aliphatic carbocycles. The molecule has 0 bridgehead atoms. The lowest BCUT2D eigenvalue weighted by Crippen LogP contribution is -2.25. The molecule has 0 saturated heterocycles. The van der Waals surface area contributed by atoms with Gasteiger partial charge in [0.25, 0.3) is 5.91 Å². The fraction of sp³-hybridized carbons (Fsp3) is 0.222. The third-order valence-corrected chi connectivity index (χ3v) is 4.54. The van der Waals surface area contributed by atoms with Gasteiger partial charge in [0.15, 0.2) is 11.0 Å². The Morgan fingerprint density at radius 1 is 1.15 bits per heavy atom. The van der Waals surface area contributed by atoms with Crippen molar-refractivity contribution >= 4 is 17.7 Å². The summed E-state index contributed by atoms with van der Waals surface area (Å²) in [4.78, 5) is 21.2. The molecule has 8 heteroatoms. The van der Waals surface area contributed by atoms with E-state index in [1.54, 1.807) is 12.4 Å². The number of nitrogens with one attached hydrogen (secondary N) is 1. The Morgan fingerprint density at radius 2 is 1.92 bits per heavy atom. The first-order valence-corrected chi connectivity index (χ1v) is 9.17. The summed E-state index contributed by atoms with van der Waals surface area (Å²) in [6.07, 6.45) is 3.43. The van der Waals surface area contributed by atoms with Crippen LogP contribution in [-0.2, 0) is 22.8 Å². The Kier molecular flexibility index (Phi) is 6.34. The highest BCUT2D eigenvalue weighted by molar-refractivity contribution is 7.99. The predicted octanol–water partition coefficient (Wildman–Crippen LogP) is 2.70. The first kappa shape index (κ1) is 18.1. The first-order valence-electron chi connectivity index (χ1n) is 8.19. The summed E-state index contributed by atoms with van der Waals surface area (Å²) in [7, 11) is 0. The highest BCUT2D eigenvalue weighted by Crippen LogP contribution is 2.23. The Bertz CT molecular complexity index is 839. The van der Waals surface area contributed by atoms with E-state index in [2.05, 4.69) is 20.7 Å². The van der Waals surface area contributed by atoms with Crippen LogP contribution >= 0.6 is 11.8 Å². The van der Waals surface area contributed by atoms with E-state index in [-0.39, 0.29) is 11.7 Å². The number of pyridine rings is 1. The van der Waals surface area contributed by atoms with Crippen LogP contribution in [0, 0.1) is 0 Å². The maximum absolute atomic E-state index is 12.0. The molecular weight excluding hydrogens is 350 g/mol. The second kappa shape index (κ2) is 9.12. The summed E-state index contributed by atoms with van der Waals surface area (Å²) < 4.78 is 1.97. The first-order chi connectivity index (χ1) is 12.8. The maximum Gasteiger partial charge on any atom is 0.254 e. The maximum atomic E-state index is 12.0. The van der Waals surface area contributed by atoms with Gasteiger partial charge in [0, 0.05) is 24.5 Å². The molecule has 0 radical (unpaired) electrons. The molecule has 0 spiro atoms. The fourth-order valence-electron chi connectivity index (χ4n) is 2.33. The van der Waals surface area contributed by atoms with Gasteiger partial charge in [-0.05, 0) is 24.6 Å². The molecule has 0 aliphatic rings. The van der Waals surface area contributed by atoms with Crippen LogP contribution in [0.15, 0.2) is 60.0 Å². The van der Waals surface area contributed by atoms with E-state index >= 15 is 0 Å². The van der Waals surface area contributed by atoms with Crippen molar-refractivity contribution in [2.75, 3.05) is 5.75 Å². The largest absolute Gasteiger partial charge is 0.302 e. The summed E-state index contributed by atoms with van der Waals surface area (Å²) in [6, 6.07) is 13.4. The van der Waals surface area contributed by atoms with Gasteiger partial charge in [-0.1, -0.05) is 42.1 Å². The summed E-state index contributed by atoms with van der Waals surface area (Å²) in [5.41, 5.74) is 4.39. The number of hydrogen-bond acceptors (Lipinski definition) is 6. The molecule has 0 fully saturated rings. The van der Waals surface area contributed by atoms with Crippen LogP contribution < -0.4 is 5.48 Å². The van der Waals surface area contributed by atoms with Crippen LogP contribution in [-0.4, -0.2) is 31.4 Å². The lowest BCUT2D eigenvalue weighted by molar-refractivity contribution is -0.131. The summed E-state index contributed by atoms with van der Waals surface area (Å²) in [5.74, 6) is 0.740. The van der Waals surface area contributed by atoms with Crippen molar-refractivity contribution in [2.24, 2.45) is 0 Å². The van der Waals surface area contributed by atoms with Crippen molar-refractivity contribution in [3.05, 3.63) is 60.4 Å². The molecule has 1 amide bonds. The molecule has 134 valence electrons. The van der Waals surface area contributed by atoms with Gasteiger partial charge in [-0.3, -0.25) is 14.6 Å². The lowest BCUT2D eigenvalue weighted by atomic mass is 10.2. The summed E-state index contributed by atoms with van der Waals surface area (Å²) in [6.45, 7) is 3.05. The normalized spacial score (nSPS) is 10.7. The predicted molar refractivity (Wildman–Crippen MR) is 99.0 cm³/mol. The van der Waals surface area contributed by atoms with Crippen molar-refractivity contribution in [3.8, 4) is 11.4 Å². The standard InChI is InChI=1S/C18H19N5O2S/c1-2-23-17(15-8-10-19-11-9-15)20-21-18(23)26-13-16(24)22-25-12-14-6-4-3-5-7-14/h3-11H,2,12-13H2,1H3,(H,22,24). The van der Waals surface area contributed by atoms with Crippen LogP contribution in [0.5, 0.6) is 0 Å². The molecule has 0 atom stereocenters. The number of hydrogen-bond donors (Lipinski definition) is 1. The van der Waals surface area contributed by atoms with Crippen LogP contribution in [0.2, 0.25) is 0 Å². The van der Waals surface area contributed by atoms with E-state index in [1.807, 2.05) is 54.0 Å². The average Bonchev–Trinajstić information content (AvgIpc) is 3.11. The number of carbonyl (C=O) groups is 1. The zero-order chi connectivity index (χ0) is 18.2.